The summed E-state index contributed by atoms with van der Waals surface area (Å²) < 4.78 is 5.28. The van der Waals surface area contributed by atoms with E-state index in [1.165, 1.54) is 11.8 Å². The third-order valence-electron chi connectivity index (χ3n) is 5.95. The van der Waals surface area contributed by atoms with E-state index >= 15 is 0 Å². The standard InChI is InChI=1S/C21H27N3O4S2/c1-3-28-20(27)17-13-8-7-11(2)9-15(13)30-19(17)23-16(25)10-29-21-22-14-6-4-5-12(14)18(26)24-21/h11,13,15H,3-10H2,1-2H3,(H,23,25)(H,22,24,26). The number of amides is 1. The number of carbonyl (C=O) groups is 2. The monoisotopic (exact) mass is 449 g/mol. The third kappa shape index (κ3) is 4.46. The van der Waals surface area contributed by atoms with Gasteiger partial charge in [0.1, 0.15) is 0 Å². The molecule has 7 nitrogen and oxygen atoms in total. The summed E-state index contributed by atoms with van der Waals surface area (Å²) in [6.45, 7) is 4.34. The van der Waals surface area contributed by atoms with E-state index in [0.29, 0.717) is 33.5 Å². The zero-order chi connectivity index (χ0) is 21.3. The number of aromatic nitrogens is 2. The Morgan fingerprint density at radius 2 is 2.17 bits per heavy atom. The van der Waals surface area contributed by atoms with Crippen molar-refractivity contribution in [2.24, 2.45) is 11.8 Å². The number of esters is 1. The first-order valence-electron chi connectivity index (χ1n) is 10.6. The van der Waals surface area contributed by atoms with Gasteiger partial charge in [0.25, 0.3) is 5.56 Å². The second-order valence-corrected chi connectivity index (χ2v) is 10.3. The van der Waals surface area contributed by atoms with E-state index in [4.69, 9.17) is 4.74 Å². The number of fused-ring (bicyclic) bond motifs is 2. The number of hydrogen-bond donors (Lipinski definition) is 2. The normalized spacial score (nSPS) is 25.1. The van der Waals surface area contributed by atoms with Crippen LogP contribution in [0.3, 0.4) is 0 Å². The predicted molar refractivity (Wildman–Crippen MR) is 117 cm³/mol. The van der Waals surface area contributed by atoms with Crippen molar-refractivity contribution in [2.45, 2.75) is 62.8 Å². The number of aryl methyl sites for hydroxylation is 1. The lowest BCUT2D eigenvalue weighted by Crippen LogP contribution is -2.28. The van der Waals surface area contributed by atoms with Gasteiger partial charge in [0, 0.05) is 16.7 Å². The van der Waals surface area contributed by atoms with Crippen molar-refractivity contribution < 1.29 is 14.3 Å². The number of ether oxygens (including phenoxy) is 1. The summed E-state index contributed by atoms with van der Waals surface area (Å²) >= 11 is 2.80. The second kappa shape index (κ2) is 9.18. The topological polar surface area (TPSA) is 101 Å². The van der Waals surface area contributed by atoms with Crippen molar-refractivity contribution in [3.8, 4) is 0 Å². The average molecular weight is 450 g/mol. The van der Waals surface area contributed by atoms with Gasteiger partial charge in [0.2, 0.25) is 5.91 Å². The summed E-state index contributed by atoms with van der Waals surface area (Å²) in [5.41, 5.74) is 2.14. The van der Waals surface area contributed by atoms with Crippen LogP contribution in [0.15, 0.2) is 20.6 Å². The van der Waals surface area contributed by atoms with Crippen molar-refractivity contribution in [3.05, 3.63) is 32.2 Å². The molecule has 1 aromatic rings. The van der Waals surface area contributed by atoms with Gasteiger partial charge in [-0.2, -0.15) is 0 Å². The van der Waals surface area contributed by atoms with E-state index in [9.17, 15) is 14.4 Å². The van der Waals surface area contributed by atoms with E-state index < -0.39 is 0 Å². The molecule has 2 N–H and O–H groups in total. The average Bonchev–Trinajstić information content (AvgIpc) is 3.30. The van der Waals surface area contributed by atoms with Crippen LogP contribution in [0.25, 0.3) is 0 Å². The molecule has 9 heteroatoms. The minimum absolute atomic E-state index is 0.0998. The number of hydrogen-bond acceptors (Lipinski definition) is 7. The molecule has 3 unspecified atom stereocenters. The molecule has 0 spiro atoms. The van der Waals surface area contributed by atoms with Crippen LogP contribution in [0.1, 0.15) is 50.8 Å². The molecule has 0 aromatic carbocycles. The minimum Gasteiger partial charge on any atom is -0.463 e. The van der Waals surface area contributed by atoms with E-state index in [1.54, 1.807) is 18.7 Å². The highest BCUT2D eigenvalue weighted by molar-refractivity contribution is 8.04. The molecule has 2 aliphatic carbocycles. The number of thioether (sulfide) groups is 2. The van der Waals surface area contributed by atoms with Crippen LogP contribution < -0.4 is 10.9 Å². The van der Waals surface area contributed by atoms with Crippen molar-refractivity contribution >= 4 is 35.4 Å². The molecule has 30 heavy (non-hydrogen) atoms. The minimum atomic E-state index is -0.320. The fourth-order valence-corrected chi connectivity index (χ4v) is 6.88. The number of rotatable bonds is 6. The zero-order valence-electron chi connectivity index (χ0n) is 17.3. The molecular formula is C21H27N3O4S2. The lowest BCUT2D eigenvalue weighted by molar-refractivity contribution is -0.139. The van der Waals surface area contributed by atoms with Crippen LogP contribution in [-0.2, 0) is 27.2 Å². The number of nitrogens with zero attached hydrogens (tertiary/aromatic N) is 1. The Balaban J connectivity index is 1.44. The fraction of sp³-hybridized carbons (Fsp3) is 0.619. The van der Waals surface area contributed by atoms with E-state index in [0.717, 1.165) is 49.8 Å². The maximum absolute atomic E-state index is 12.6. The van der Waals surface area contributed by atoms with Gasteiger partial charge in [0.05, 0.1) is 28.7 Å². The molecule has 0 bridgehead atoms. The Morgan fingerprint density at radius 3 is 2.97 bits per heavy atom. The van der Waals surface area contributed by atoms with Crippen LogP contribution in [0, 0.1) is 11.8 Å². The zero-order valence-corrected chi connectivity index (χ0v) is 18.9. The Hall–Kier alpha value is -1.74. The lowest BCUT2D eigenvalue weighted by Gasteiger charge is -2.29. The van der Waals surface area contributed by atoms with Crippen molar-refractivity contribution in [1.82, 2.24) is 15.3 Å². The van der Waals surface area contributed by atoms with Crippen LogP contribution in [0.5, 0.6) is 0 Å². The molecular weight excluding hydrogens is 422 g/mol. The summed E-state index contributed by atoms with van der Waals surface area (Å²) in [6.07, 6.45) is 5.59. The predicted octanol–water partition coefficient (Wildman–Crippen LogP) is 2.79. The number of aromatic amines is 1. The first-order valence-corrected chi connectivity index (χ1v) is 12.5. The first kappa shape index (κ1) is 21.5. The van der Waals surface area contributed by atoms with Crippen molar-refractivity contribution in [1.29, 1.82) is 0 Å². The second-order valence-electron chi connectivity index (χ2n) is 8.13. The summed E-state index contributed by atoms with van der Waals surface area (Å²) in [6, 6.07) is 0. The summed E-state index contributed by atoms with van der Waals surface area (Å²) in [5, 5.41) is 4.36. The smallest absolute Gasteiger partial charge is 0.336 e. The Labute approximate surface area is 184 Å². The van der Waals surface area contributed by atoms with Gasteiger partial charge in [-0.25, -0.2) is 9.78 Å². The van der Waals surface area contributed by atoms with Crippen molar-refractivity contribution in [2.75, 3.05) is 12.4 Å². The van der Waals surface area contributed by atoms with Gasteiger partial charge in [-0.1, -0.05) is 25.1 Å². The molecule has 1 amide bonds. The van der Waals surface area contributed by atoms with Gasteiger partial charge in [-0.3, -0.25) is 9.59 Å². The molecule has 3 atom stereocenters. The molecule has 4 rings (SSSR count). The molecule has 0 saturated heterocycles. The van der Waals surface area contributed by atoms with Gasteiger partial charge in [-0.15, -0.1) is 11.8 Å². The quantitative estimate of drug-likeness (QED) is 0.391. The Bertz CT molecular complexity index is 943. The van der Waals surface area contributed by atoms with E-state index in [2.05, 4.69) is 22.2 Å². The van der Waals surface area contributed by atoms with Crippen LogP contribution in [0.2, 0.25) is 0 Å². The summed E-state index contributed by atoms with van der Waals surface area (Å²) in [4.78, 5) is 44.6. The number of carbonyl (C=O) groups excluding carboxylic acids is 2. The highest BCUT2D eigenvalue weighted by Gasteiger charge is 2.43. The van der Waals surface area contributed by atoms with Crippen LogP contribution in [0.4, 0.5) is 0 Å². The first-order chi connectivity index (χ1) is 14.5. The largest absolute Gasteiger partial charge is 0.463 e. The SMILES string of the molecule is CCOC(=O)C1=C(NC(=O)CSc2nc3c(c(=O)[nH]2)CCC3)SC2CC(C)CCC12. The molecule has 0 radical (unpaired) electrons. The van der Waals surface area contributed by atoms with Gasteiger partial charge in [-0.05, 0) is 44.9 Å². The van der Waals surface area contributed by atoms with Crippen LogP contribution >= 0.6 is 23.5 Å². The number of nitrogens with one attached hydrogen (secondary N) is 2. The van der Waals surface area contributed by atoms with Crippen molar-refractivity contribution in [3.63, 3.8) is 0 Å². The highest BCUT2D eigenvalue weighted by atomic mass is 32.2. The molecule has 2 heterocycles. The lowest BCUT2D eigenvalue weighted by atomic mass is 9.79. The highest BCUT2D eigenvalue weighted by Crippen LogP contribution is 2.49. The maximum atomic E-state index is 12.6. The Morgan fingerprint density at radius 1 is 1.33 bits per heavy atom. The van der Waals surface area contributed by atoms with E-state index in [-0.39, 0.29) is 29.1 Å². The molecule has 3 aliphatic rings. The molecule has 1 fully saturated rings. The molecule has 162 valence electrons. The molecule has 1 saturated carbocycles. The molecule has 1 aromatic heterocycles. The third-order valence-corrected chi connectivity index (χ3v) is 8.20. The number of H-pyrrole nitrogens is 1. The summed E-state index contributed by atoms with van der Waals surface area (Å²) in [5.74, 6) is 0.352. The summed E-state index contributed by atoms with van der Waals surface area (Å²) in [7, 11) is 0. The molecule has 1 aliphatic heterocycles. The van der Waals surface area contributed by atoms with Gasteiger partial charge in [0.15, 0.2) is 5.16 Å². The van der Waals surface area contributed by atoms with Gasteiger partial charge >= 0.3 is 5.97 Å². The van der Waals surface area contributed by atoms with Gasteiger partial charge < -0.3 is 15.0 Å². The maximum Gasteiger partial charge on any atom is 0.336 e. The van der Waals surface area contributed by atoms with E-state index in [1.807, 2.05) is 0 Å². The Kier molecular flexibility index (Phi) is 6.57. The van der Waals surface area contributed by atoms with Crippen LogP contribution in [-0.4, -0.2) is 39.5 Å². The fourth-order valence-electron chi connectivity index (χ4n) is 4.51.